The van der Waals surface area contributed by atoms with E-state index in [1.807, 2.05) is 0 Å². The van der Waals surface area contributed by atoms with Crippen molar-refractivity contribution >= 4 is 12.2 Å². The lowest BCUT2D eigenvalue weighted by atomic mass is 9.92. The minimum absolute atomic E-state index is 0.163. The van der Waals surface area contributed by atoms with Crippen molar-refractivity contribution in [1.29, 1.82) is 0 Å². The summed E-state index contributed by atoms with van der Waals surface area (Å²) in [5, 5.41) is 0. The molecule has 0 bridgehead atoms. The van der Waals surface area contributed by atoms with Crippen LogP contribution in [0.1, 0.15) is 52.3 Å². The maximum absolute atomic E-state index is 5.37. The van der Waals surface area contributed by atoms with Crippen molar-refractivity contribution in [2.75, 3.05) is 0 Å². The van der Waals surface area contributed by atoms with Gasteiger partial charge in [-0.1, -0.05) is 20.8 Å². The van der Waals surface area contributed by atoms with E-state index in [0.717, 1.165) is 10.7 Å². The second-order valence-corrected chi connectivity index (χ2v) is 6.06. The number of aromatic nitrogens is 2. The number of hydrogen-bond acceptors (Lipinski definition) is 1. The lowest BCUT2D eigenvalue weighted by molar-refractivity contribution is 0.426. The van der Waals surface area contributed by atoms with Crippen molar-refractivity contribution in [2.45, 2.75) is 52.0 Å². The Morgan fingerprint density at radius 2 is 2.07 bits per heavy atom. The van der Waals surface area contributed by atoms with E-state index in [9.17, 15) is 0 Å². The summed E-state index contributed by atoms with van der Waals surface area (Å²) in [4.78, 5) is 3.19. The highest BCUT2D eigenvalue weighted by Crippen LogP contribution is 2.41. The Kier molecular flexibility index (Phi) is 2.53. The molecule has 1 unspecified atom stereocenters. The highest BCUT2D eigenvalue weighted by Gasteiger charge is 2.32. The summed E-state index contributed by atoms with van der Waals surface area (Å²) in [7, 11) is 0. The molecule has 15 heavy (non-hydrogen) atoms. The molecule has 0 radical (unpaired) electrons. The summed E-state index contributed by atoms with van der Waals surface area (Å²) in [6.07, 6.45) is 4.79. The van der Waals surface area contributed by atoms with Gasteiger partial charge in [-0.15, -0.1) is 0 Å². The Balaban J connectivity index is 2.44. The topological polar surface area (TPSA) is 20.7 Å². The fraction of sp³-hybridized carbons (Fsp3) is 0.750. The van der Waals surface area contributed by atoms with Crippen molar-refractivity contribution in [3.8, 4) is 0 Å². The van der Waals surface area contributed by atoms with Crippen molar-refractivity contribution in [3.05, 3.63) is 16.7 Å². The molecule has 1 heterocycles. The summed E-state index contributed by atoms with van der Waals surface area (Å²) in [5.74, 6) is 0.841. The molecule has 1 atom stereocenters. The molecule has 1 aliphatic carbocycles. The van der Waals surface area contributed by atoms with Crippen LogP contribution >= 0.6 is 12.2 Å². The molecule has 2 rings (SSSR count). The lowest BCUT2D eigenvalue weighted by Gasteiger charge is -2.24. The Labute approximate surface area is 96.7 Å². The number of aromatic amines is 1. The van der Waals surface area contributed by atoms with Crippen LogP contribution in [0.5, 0.6) is 0 Å². The summed E-state index contributed by atoms with van der Waals surface area (Å²) in [5.41, 5.74) is 1.49. The first-order valence-electron chi connectivity index (χ1n) is 5.71. The van der Waals surface area contributed by atoms with Gasteiger partial charge in [0.05, 0.1) is 0 Å². The largest absolute Gasteiger partial charge is 0.337 e. The van der Waals surface area contributed by atoms with Crippen LogP contribution in [0.3, 0.4) is 0 Å². The Hall–Kier alpha value is -0.570. The second kappa shape index (κ2) is 3.48. The van der Waals surface area contributed by atoms with Gasteiger partial charge in [-0.3, -0.25) is 0 Å². The predicted octanol–water partition coefficient (Wildman–Crippen LogP) is 3.81. The van der Waals surface area contributed by atoms with E-state index < -0.39 is 0 Å². The van der Waals surface area contributed by atoms with E-state index in [4.69, 9.17) is 12.2 Å². The van der Waals surface area contributed by atoms with Gasteiger partial charge in [0, 0.05) is 23.3 Å². The van der Waals surface area contributed by atoms with Crippen LogP contribution in [-0.2, 0) is 5.41 Å². The summed E-state index contributed by atoms with van der Waals surface area (Å²) < 4.78 is 3.19. The van der Waals surface area contributed by atoms with E-state index in [-0.39, 0.29) is 5.41 Å². The third kappa shape index (κ3) is 2.03. The van der Waals surface area contributed by atoms with Crippen LogP contribution in [0.2, 0.25) is 0 Å². The molecule has 0 aliphatic heterocycles. The average molecular weight is 224 g/mol. The molecule has 0 spiro atoms. The molecule has 2 nitrogen and oxygen atoms in total. The normalized spacial score (nSPS) is 19.2. The van der Waals surface area contributed by atoms with Crippen molar-refractivity contribution in [2.24, 2.45) is 5.92 Å². The van der Waals surface area contributed by atoms with Gasteiger partial charge in [0.25, 0.3) is 0 Å². The van der Waals surface area contributed by atoms with Crippen molar-refractivity contribution in [1.82, 2.24) is 9.55 Å². The maximum atomic E-state index is 5.37. The molecular weight excluding hydrogens is 204 g/mol. The number of nitrogens with one attached hydrogen (secondary N) is 1. The summed E-state index contributed by atoms with van der Waals surface area (Å²) in [6.45, 7) is 9.00. The van der Waals surface area contributed by atoms with Crippen LogP contribution < -0.4 is 0 Å². The Morgan fingerprint density at radius 3 is 2.53 bits per heavy atom. The first-order valence-corrected chi connectivity index (χ1v) is 6.12. The van der Waals surface area contributed by atoms with Gasteiger partial charge in [0.2, 0.25) is 0 Å². The standard InChI is InChI=1S/C12H20N2S/c1-8(9-5-6-9)14-10(12(2,3)4)7-13-11(14)15/h7-9H,5-6H2,1-4H3,(H,13,15). The first kappa shape index (κ1) is 10.9. The molecule has 1 aromatic heterocycles. The third-order valence-corrected chi connectivity index (χ3v) is 3.61. The maximum Gasteiger partial charge on any atom is 0.177 e. The monoisotopic (exact) mass is 224 g/mol. The molecule has 3 heteroatoms. The Bertz CT molecular complexity index is 404. The van der Waals surface area contributed by atoms with Gasteiger partial charge in [-0.25, -0.2) is 0 Å². The van der Waals surface area contributed by atoms with Crippen molar-refractivity contribution in [3.63, 3.8) is 0 Å². The van der Waals surface area contributed by atoms with E-state index in [1.54, 1.807) is 0 Å². The number of H-pyrrole nitrogens is 1. The van der Waals surface area contributed by atoms with Crippen LogP contribution in [0, 0.1) is 10.7 Å². The van der Waals surface area contributed by atoms with Gasteiger partial charge in [-0.05, 0) is 37.9 Å². The number of nitrogens with zero attached hydrogens (tertiary/aromatic N) is 1. The van der Waals surface area contributed by atoms with E-state index >= 15 is 0 Å². The van der Waals surface area contributed by atoms with E-state index in [0.29, 0.717) is 6.04 Å². The fourth-order valence-electron chi connectivity index (χ4n) is 2.15. The van der Waals surface area contributed by atoms with Gasteiger partial charge in [-0.2, -0.15) is 0 Å². The van der Waals surface area contributed by atoms with Gasteiger partial charge < -0.3 is 9.55 Å². The quantitative estimate of drug-likeness (QED) is 0.757. The predicted molar refractivity (Wildman–Crippen MR) is 65.8 cm³/mol. The fourth-order valence-corrected chi connectivity index (χ4v) is 2.47. The lowest BCUT2D eigenvalue weighted by Crippen LogP contribution is -2.20. The highest BCUT2D eigenvalue weighted by molar-refractivity contribution is 7.71. The molecule has 1 fully saturated rings. The smallest absolute Gasteiger partial charge is 0.177 e. The number of imidazole rings is 1. The molecule has 84 valence electrons. The van der Waals surface area contributed by atoms with Crippen LogP contribution in [0.25, 0.3) is 0 Å². The van der Waals surface area contributed by atoms with Gasteiger partial charge >= 0.3 is 0 Å². The molecule has 1 N–H and O–H groups in total. The minimum Gasteiger partial charge on any atom is -0.337 e. The van der Waals surface area contributed by atoms with Crippen molar-refractivity contribution < 1.29 is 0 Å². The molecular formula is C12H20N2S. The van der Waals surface area contributed by atoms with E-state index in [1.165, 1.54) is 18.5 Å². The SMILES string of the molecule is CC(C1CC1)n1c(C(C)(C)C)c[nH]c1=S. The van der Waals surface area contributed by atoms with Crippen LogP contribution in [-0.4, -0.2) is 9.55 Å². The number of hydrogen-bond donors (Lipinski definition) is 1. The summed E-state index contributed by atoms with van der Waals surface area (Å²) >= 11 is 5.37. The molecule has 0 aromatic carbocycles. The first-order chi connectivity index (χ1) is 6.91. The minimum atomic E-state index is 0.163. The molecule has 0 amide bonds. The second-order valence-electron chi connectivity index (χ2n) is 5.68. The van der Waals surface area contributed by atoms with Crippen LogP contribution in [0.15, 0.2) is 6.20 Å². The summed E-state index contributed by atoms with van der Waals surface area (Å²) in [6, 6.07) is 0.554. The number of rotatable bonds is 2. The highest BCUT2D eigenvalue weighted by atomic mass is 32.1. The zero-order valence-corrected chi connectivity index (χ0v) is 10.8. The molecule has 1 aliphatic rings. The zero-order chi connectivity index (χ0) is 11.2. The van der Waals surface area contributed by atoms with Gasteiger partial charge in [0.1, 0.15) is 0 Å². The zero-order valence-electron chi connectivity index (χ0n) is 10.0. The molecule has 0 saturated heterocycles. The third-order valence-electron chi connectivity index (χ3n) is 3.29. The Morgan fingerprint density at radius 1 is 1.47 bits per heavy atom. The van der Waals surface area contributed by atoms with E-state index in [2.05, 4.69) is 43.4 Å². The average Bonchev–Trinajstić information content (AvgIpc) is 2.86. The van der Waals surface area contributed by atoms with Crippen LogP contribution in [0.4, 0.5) is 0 Å². The molecule has 1 aromatic rings. The molecule has 1 saturated carbocycles. The van der Waals surface area contributed by atoms with Gasteiger partial charge in [0.15, 0.2) is 4.77 Å².